The lowest BCUT2D eigenvalue weighted by Crippen LogP contribution is -2.38. The van der Waals surface area contributed by atoms with Crippen LogP contribution in [0.2, 0.25) is 0 Å². The van der Waals surface area contributed by atoms with E-state index in [1.807, 2.05) is 38.1 Å². The van der Waals surface area contributed by atoms with E-state index in [1.54, 1.807) is 4.90 Å². The maximum Gasteiger partial charge on any atom is 0.409 e. The van der Waals surface area contributed by atoms with Gasteiger partial charge in [-0.25, -0.2) is 4.79 Å². The Bertz CT molecular complexity index is 577. The fourth-order valence-corrected chi connectivity index (χ4v) is 2.84. The Labute approximate surface area is 157 Å². The molecule has 1 aromatic rings. The molecule has 1 aromatic carbocycles. The molecule has 0 saturated carbocycles. The number of carbonyl (C=O) groups excluding carboxylic acids is 2. The summed E-state index contributed by atoms with van der Waals surface area (Å²) in [6.07, 6.45) is 0.581. The van der Waals surface area contributed by atoms with Crippen molar-refractivity contribution in [2.45, 2.75) is 20.3 Å². The molecule has 7 heteroatoms. The molecular weight excluding hydrogens is 386 g/mol. The van der Waals surface area contributed by atoms with Crippen molar-refractivity contribution >= 4 is 33.6 Å². The highest BCUT2D eigenvalue weighted by Gasteiger charge is 2.21. The van der Waals surface area contributed by atoms with Crippen LogP contribution in [0.15, 0.2) is 28.7 Å². The fourth-order valence-electron chi connectivity index (χ4n) is 2.58. The van der Waals surface area contributed by atoms with Crippen molar-refractivity contribution in [1.82, 2.24) is 9.80 Å². The number of carbonyl (C=O) groups is 2. The zero-order chi connectivity index (χ0) is 18.2. The van der Waals surface area contributed by atoms with E-state index < -0.39 is 0 Å². The number of anilines is 1. The highest BCUT2D eigenvalue weighted by atomic mass is 79.9. The normalized spacial score (nSPS) is 15.8. The Kier molecular flexibility index (Phi) is 7.71. The molecule has 1 N–H and O–H groups in total. The second kappa shape index (κ2) is 9.77. The number of hydrogen-bond donors (Lipinski definition) is 1. The summed E-state index contributed by atoms with van der Waals surface area (Å²) in [4.78, 5) is 28.1. The summed E-state index contributed by atoms with van der Waals surface area (Å²) in [5, 5.41) is 2.90. The zero-order valence-corrected chi connectivity index (χ0v) is 16.4. The lowest BCUT2D eigenvalue weighted by atomic mass is 10.2. The maximum atomic E-state index is 12.2. The van der Waals surface area contributed by atoms with Crippen LogP contribution in [0.1, 0.15) is 20.3 Å². The van der Waals surface area contributed by atoms with E-state index in [2.05, 4.69) is 26.1 Å². The lowest BCUT2D eigenvalue weighted by Gasteiger charge is -2.21. The van der Waals surface area contributed by atoms with Gasteiger partial charge in [0, 0.05) is 36.3 Å². The zero-order valence-electron chi connectivity index (χ0n) is 14.8. The molecule has 1 fully saturated rings. The standard InChI is InChI=1S/C18H26BrN3O3/c1-14(2)13-25-18(24)22-9-3-8-21(10-11-22)12-17(23)20-16-6-4-15(19)5-7-16/h4-7,14H,3,8-13H2,1-2H3,(H,20,23). The van der Waals surface area contributed by atoms with Crippen LogP contribution in [0.3, 0.4) is 0 Å². The van der Waals surface area contributed by atoms with Gasteiger partial charge in [-0.05, 0) is 36.6 Å². The third-order valence-electron chi connectivity index (χ3n) is 3.88. The third-order valence-corrected chi connectivity index (χ3v) is 4.41. The first-order chi connectivity index (χ1) is 11.9. The number of amides is 2. The monoisotopic (exact) mass is 411 g/mol. The van der Waals surface area contributed by atoms with Gasteiger partial charge < -0.3 is 15.0 Å². The molecule has 25 heavy (non-hydrogen) atoms. The van der Waals surface area contributed by atoms with Crippen molar-refractivity contribution in [1.29, 1.82) is 0 Å². The van der Waals surface area contributed by atoms with Gasteiger partial charge in [0.25, 0.3) is 0 Å². The predicted octanol–water partition coefficient (Wildman–Crippen LogP) is 3.19. The summed E-state index contributed by atoms with van der Waals surface area (Å²) >= 11 is 3.37. The minimum Gasteiger partial charge on any atom is -0.449 e. The van der Waals surface area contributed by atoms with Crippen LogP contribution in [0.4, 0.5) is 10.5 Å². The molecule has 6 nitrogen and oxygen atoms in total. The second-order valence-corrected chi connectivity index (χ2v) is 7.56. The summed E-state index contributed by atoms with van der Waals surface area (Å²) in [6.45, 7) is 7.51. The summed E-state index contributed by atoms with van der Waals surface area (Å²) in [7, 11) is 0. The van der Waals surface area contributed by atoms with Crippen LogP contribution in [0.5, 0.6) is 0 Å². The number of ether oxygens (including phenoxy) is 1. The first kappa shape index (κ1) is 19.7. The Hall–Kier alpha value is -1.60. The molecule has 0 spiro atoms. The van der Waals surface area contributed by atoms with Gasteiger partial charge in [0.05, 0.1) is 13.2 Å². The van der Waals surface area contributed by atoms with Crippen molar-refractivity contribution in [2.75, 3.05) is 44.6 Å². The van der Waals surface area contributed by atoms with Gasteiger partial charge in [-0.1, -0.05) is 29.8 Å². The highest BCUT2D eigenvalue weighted by Crippen LogP contribution is 2.14. The van der Waals surface area contributed by atoms with E-state index in [1.165, 1.54) is 0 Å². The Balaban J connectivity index is 1.77. The molecule has 0 aliphatic carbocycles. The van der Waals surface area contributed by atoms with Crippen molar-refractivity contribution in [2.24, 2.45) is 5.92 Å². The smallest absolute Gasteiger partial charge is 0.409 e. The van der Waals surface area contributed by atoms with Crippen LogP contribution >= 0.6 is 15.9 Å². The number of nitrogens with zero attached hydrogens (tertiary/aromatic N) is 2. The van der Waals surface area contributed by atoms with Crippen LogP contribution < -0.4 is 5.32 Å². The second-order valence-electron chi connectivity index (χ2n) is 6.64. The molecule has 1 aliphatic heterocycles. The van der Waals surface area contributed by atoms with Gasteiger partial charge in [-0.3, -0.25) is 9.69 Å². The summed E-state index contributed by atoms with van der Waals surface area (Å²) in [6, 6.07) is 7.50. The number of nitrogens with one attached hydrogen (secondary N) is 1. The van der Waals surface area contributed by atoms with Crippen molar-refractivity contribution < 1.29 is 14.3 Å². The first-order valence-corrected chi connectivity index (χ1v) is 9.43. The molecule has 0 unspecified atom stereocenters. The minimum atomic E-state index is -0.255. The summed E-state index contributed by atoms with van der Waals surface area (Å²) in [5.41, 5.74) is 0.780. The maximum absolute atomic E-state index is 12.2. The molecule has 138 valence electrons. The molecule has 2 rings (SSSR count). The predicted molar refractivity (Wildman–Crippen MR) is 102 cm³/mol. The molecule has 0 atom stereocenters. The summed E-state index contributed by atoms with van der Waals surface area (Å²) < 4.78 is 6.26. The minimum absolute atomic E-state index is 0.0434. The molecule has 2 amide bonds. The highest BCUT2D eigenvalue weighted by molar-refractivity contribution is 9.10. The SMILES string of the molecule is CC(C)COC(=O)N1CCCN(CC(=O)Nc2ccc(Br)cc2)CC1. The molecular formula is C18H26BrN3O3. The van der Waals surface area contributed by atoms with Gasteiger partial charge in [0.15, 0.2) is 0 Å². The van der Waals surface area contributed by atoms with Gasteiger partial charge >= 0.3 is 6.09 Å². The first-order valence-electron chi connectivity index (χ1n) is 8.63. The van der Waals surface area contributed by atoms with E-state index in [4.69, 9.17) is 4.74 Å². The molecule has 1 saturated heterocycles. The van der Waals surface area contributed by atoms with Crippen molar-refractivity contribution in [3.8, 4) is 0 Å². The number of benzene rings is 1. The van der Waals surface area contributed by atoms with Gasteiger partial charge in [-0.15, -0.1) is 0 Å². The average molecular weight is 412 g/mol. The van der Waals surface area contributed by atoms with E-state index in [9.17, 15) is 9.59 Å². The van der Waals surface area contributed by atoms with Crippen LogP contribution in [-0.4, -0.2) is 61.1 Å². The van der Waals surface area contributed by atoms with Crippen LogP contribution in [0, 0.1) is 5.92 Å². The quantitative estimate of drug-likeness (QED) is 0.807. The number of hydrogen-bond acceptors (Lipinski definition) is 4. The van der Waals surface area contributed by atoms with Gasteiger partial charge in [0.2, 0.25) is 5.91 Å². The fraction of sp³-hybridized carbons (Fsp3) is 0.556. The lowest BCUT2D eigenvalue weighted by molar-refractivity contribution is -0.117. The molecule has 0 bridgehead atoms. The van der Waals surface area contributed by atoms with Crippen LogP contribution in [-0.2, 0) is 9.53 Å². The van der Waals surface area contributed by atoms with Crippen LogP contribution in [0.25, 0.3) is 0 Å². The third kappa shape index (κ3) is 7.04. The van der Waals surface area contributed by atoms with E-state index in [-0.39, 0.29) is 12.0 Å². The largest absolute Gasteiger partial charge is 0.449 e. The van der Waals surface area contributed by atoms with Crippen molar-refractivity contribution in [3.05, 3.63) is 28.7 Å². The molecule has 0 aromatic heterocycles. The van der Waals surface area contributed by atoms with Gasteiger partial charge in [0.1, 0.15) is 0 Å². The topological polar surface area (TPSA) is 61.9 Å². The molecule has 1 heterocycles. The Morgan fingerprint density at radius 2 is 1.88 bits per heavy atom. The number of rotatable bonds is 5. The van der Waals surface area contributed by atoms with Gasteiger partial charge in [-0.2, -0.15) is 0 Å². The summed E-state index contributed by atoms with van der Waals surface area (Å²) in [5.74, 6) is 0.285. The molecule has 0 radical (unpaired) electrons. The van der Waals surface area contributed by atoms with Crippen molar-refractivity contribution in [3.63, 3.8) is 0 Å². The Morgan fingerprint density at radius 1 is 1.16 bits per heavy atom. The van der Waals surface area contributed by atoms with E-state index in [0.717, 1.165) is 23.1 Å². The average Bonchev–Trinajstić information content (AvgIpc) is 2.80. The number of halogens is 1. The molecule has 1 aliphatic rings. The van der Waals surface area contributed by atoms with E-state index >= 15 is 0 Å². The van der Waals surface area contributed by atoms with E-state index in [0.29, 0.717) is 38.7 Å². The Morgan fingerprint density at radius 3 is 2.56 bits per heavy atom.